The molecule has 2 N–H and O–H groups in total. The molecule has 1 aliphatic rings. The maximum Gasteiger partial charge on any atom is 0.249 e. The Morgan fingerprint density at radius 1 is 1.25 bits per heavy atom. The van der Waals surface area contributed by atoms with Crippen LogP contribution in [0.15, 0.2) is 24.4 Å². The van der Waals surface area contributed by atoms with E-state index in [4.69, 9.17) is 0 Å². The van der Waals surface area contributed by atoms with Crippen LogP contribution in [0.5, 0.6) is 0 Å². The summed E-state index contributed by atoms with van der Waals surface area (Å²) < 4.78 is 0. The van der Waals surface area contributed by atoms with Gasteiger partial charge in [-0.1, -0.05) is 33.8 Å². The number of piperidine rings is 1. The van der Waals surface area contributed by atoms with E-state index in [0.29, 0.717) is 18.7 Å². The number of nitrogens with one attached hydrogen (secondary N) is 2. The summed E-state index contributed by atoms with van der Waals surface area (Å²) in [6.07, 6.45) is 2.53. The van der Waals surface area contributed by atoms with Crippen LogP contribution in [0.25, 0.3) is 0 Å². The Morgan fingerprint density at radius 2 is 1.90 bits per heavy atom. The molecule has 1 radical (unpaired) electrons. The molecule has 1 unspecified atom stereocenters. The van der Waals surface area contributed by atoms with Crippen molar-refractivity contribution < 1.29 is 45.2 Å². The molecule has 1 aliphatic heterocycles. The zero-order valence-corrected chi connectivity index (χ0v) is 15.5. The number of nitrogens with zero attached hydrogens (tertiary/aromatic N) is 1. The fourth-order valence-corrected chi connectivity index (χ4v) is 1.46. The zero-order valence-electron chi connectivity index (χ0n) is 12.6. The summed E-state index contributed by atoms with van der Waals surface area (Å²) in [4.78, 5) is 26.3. The summed E-state index contributed by atoms with van der Waals surface area (Å²) in [6.45, 7) is 8.00. The number of hydrogen-bond acceptors (Lipinski definition) is 4. The van der Waals surface area contributed by atoms with Crippen LogP contribution in [0.2, 0.25) is 0 Å². The first-order valence-corrected chi connectivity index (χ1v) is 6.77. The molecule has 1 atom stereocenters. The van der Waals surface area contributed by atoms with Crippen LogP contribution in [0.1, 0.15) is 43.4 Å². The van der Waals surface area contributed by atoms with E-state index >= 15 is 0 Å². The summed E-state index contributed by atoms with van der Waals surface area (Å²) in [5.74, 6) is 0.156. The van der Waals surface area contributed by atoms with Crippen molar-refractivity contribution in [3.05, 3.63) is 24.4 Å². The minimum atomic E-state index is -0.363. The molecule has 2 rings (SSSR count). The molecule has 1 saturated heterocycles. The van der Waals surface area contributed by atoms with Crippen molar-refractivity contribution in [2.75, 3.05) is 5.32 Å². The van der Waals surface area contributed by atoms with E-state index in [1.165, 1.54) is 0 Å². The first kappa shape index (κ1) is 21.5. The normalized spacial score (nSPS) is 16.3. The molecule has 1 aromatic heterocycles. The van der Waals surface area contributed by atoms with Gasteiger partial charge >= 0.3 is 0 Å². The third-order valence-electron chi connectivity index (χ3n) is 2.23. The second-order valence-corrected chi connectivity index (χ2v) is 3.36. The largest absolute Gasteiger partial charge is 0.358 e. The first-order chi connectivity index (χ1) is 9.25. The Morgan fingerprint density at radius 3 is 2.40 bits per heavy atom. The van der Waals surface area contributed by atoms with E-state index in [1.807, 2.05) is 33.8 Å². The van der Waals surface area contributed by atoms with E-state index in [-0.39, 0.29) is 53.4 Å². The predicted molar refractivity (Wildman–Crippen MR) is 81.0 cm³/mol. The third kappa shape index (κ3) is 7.70. The van der Waals surface area contributed by atoms with Gasteiger partial charge in [0.05, 0.1) is 0 Å². The van der Waals surface area contributed by atoms with Gasteiger partial charge in [0.15, 0.2) is 0 Å². The molecular weight excluding hydrogens is 331 g/mol. The monoisotopic (exact) mass is 358 g/mol. The maximum atomic E-state index is 11.4. The van der Waals surface area contributed by atoms with Crippen LogP contribution in [0.3, 0.4) is 0 Å². The minimum absolute atomic E-state index is 0. The molecule has 0 saturated carbocycles. The Kier molecular flexibility index (Phi) is 14.2. The van der Waals surface area contributed by atoms with Crippen LogP contribution >= 0.6 is 0 Å². The number of hydrogen-bond donors (Lipinski definition) is 2. The van der Waals surface area contributed by atoms with Crippen LogP contribution in [-0.2, 0) is 42.3 Å². The number of imide groups is 1. The topological polar surface area (TPSA) is 71.1 Å². The maximum absolute atomic E-state index is 11.4. The molecule has 5 nitrogen and oxygen atoms in total. The molecular formula is C14H27N3O2Y. The van der Waals surface area contributed by atoms with Crippen molar-refractivity contribution in [1.29, 1.82) is 0 Å². The third-order valence-corrected chi connectivity index (χ3v) is 2.23. The Bertz CT molecular complexity index is 395. The van der Waals surface area contributed by atoms with Crippen molar-refractivity contribution in [2.24, 2.45) is 0 Å². The second kappa shape index (κ2) is 13.2. The van der Waals surface area contributed by atoms with Gasteiger partial charge in [-0.25, -0.2) is 4.98 Å². The zero-order chi connectivity index (χ0) is 14.7. The average Bonchev–Trinajstić information content (AvgIpc) is 2.47. The van der Waals surface area contributed by atoms with Crippen LogP contribution in [-0.4, -0.2) is 22.8 Å². The fourth-order valence-electron chi connectivity index (χ4n) is 1.46. The SMILES string of the molecule is CC.CC.O=C1CCC(Nc2ccccn2)C(=O)N1.[HH].[HH].[Y]. The van der Waals surface area contributed by atoms with Gasteiger partial charge in [-0.2, -0.15) is 0 Å². The van der Waals surface area contributed by atoms with Crippen molar-refractivity contribution in [3.63, 3.8) is 0 Å². The van der Waals surface area contributed by atoms with Gasteiger partial charge < -0.3 is 5.32 Å². The number of carbonyl (C=O) groups excluding carboxylic acids is 2. The molecule has 113 valence electrons. The molecule has 0 aliphatic carbocycles. The van der Waals surface area contributed by atoms with Crippen LogP contribution in [0, 0.1) is 0 Å². The van der Waals surface area contributed by atoms with Gasteiger partial charge in [0.25, 0.3) is 0 Å². The summed E-state index contributed by atoms with van der Waals surface area (Å²) >= 11 is 0. The molecule has 0 bridgehead atoms. The Labute approximate surface area is 149 Å². The van der Waals surface area contributed by atoms with Crippen molar-refractivity contribution in [2.45, 2.75) is 46.6 Å². The Hall–Kier alpha value is -0.806. The number of rotatable bonds is 2. The van der Waals surface area contributed by atoms with Gasteiger partial charge in [-0.05, 0) is 18.6 Å². The minimum Gasteiger partial charge on any atom is -0.358 e. The molecule has 2 heterocycles. The number of pyridine rings is 1. The van der Waals surface area contributed by atoms with E-state index in [2.05, 4.69) is 15.6 Å². The Balaban J connectivity index is -0.000000215. The summed E-state index contributed by atoms with van der Waals surface area (Å²) in [5, 5.41) is 5.26. The fraction of sp³-hybridized carbons (Fsp3) is 0.500. The molecule has 1 aromatic rings. The van der Waals surface area contributed by atoms with Crippen LogP contribution < -0.4 is 10.6 Å². The van der Waals surface area contributed by atoms with Crippen LogP contribution in [0.4, 0.5) is 5.82 Å². The predicted octanol–water partition coefficient (Wildman–Crippen LogP) is 2.84. The van der Waals surface area contributed by atoms with Gasteiger partial charge in [0.2, 0.25) is 11.8 Å². The quantitative estimate of drug-likeness (QED) is 0.798. The smallest absolute Gasteiger partial charge is 0.249 e. The van der Waals surface area contributed by atoms with Gasteiger partial charge in [-0.15, -0.1) is 0 Å². The molecule has 2 amide bonds. The number of amides is 2. The van der Waals surface area contributed by atoms with Gasteiger partial charge in [0.1, 0.15) is 11.9 Å². The average molecular weight is 358 g/mol. The summed E-state index contributed by atoms with van der Waals surface area (Å²) in [6, 6.07) is 5.05. The van der Waals surface area contributed by atoms with Crippen molar-refractivity contribution in [1.82, 2.24) is 10.3 Å². The number of aromatic nitrogens is 1. The van der Waals surface area contributed by atoms with Crippen molar-refractivity contribution >= 4 is 17.6 Å². The van der Waals surface area contributed by atoms with E-state index < -0.39 is 0 Å². The van der Waals surface area contributed by atoms with Gasteiger partial charge in [-0.3, -0.25) is 14.9 Å². The van der Waals surface area contributed by atoms with E-state index in [0.717, 1.165) is 0 Å². The van der Waals surface area contributed by atoms with Gasteiger partial charge in [0, 0.05) is 48.2 Å². The molecule has 1 fully saturated rings. The molecule has 0 spiro atoms. The van der Waals surface area contributed by atoms with E-state index in [1.54, 1.807) is 18.3 Å². The second-order valence-electron chi connectivity index (χ2n) is 3.36. The number of anilines is 1. The standard InChI is InChI=1S/C10H11N3O2.2C2H6.Y.2H2/c14-9-5-4-7(10(15)13-9)12-8-3-1-2-6-11-8;2*1-2;;;/h1-3,6-7H,4-5H2,(H,11,12)(H,13,14,15);2*1-2H3;;2*1H. The number of carbonyl (C=O) groups is 2. The van der Waals surface area contributed by atoms with E-state index in [9.17, 15) is 9.59 Å². The summed E-state index contributed by atoms with van der Waals surface area (Å²) in [7, 11) is 0. The molecule has 20 heavy (non-hydrogen) atoms. The molecule has 6 heteroatoms. The van der Waals surface area contributed by atoms with Crippen molar-refractivity contribution in [3.8, 4) is 0 Å². The summed E-state index contributed by atoms with van der Waals surface area (Å²) in [5.41, 5.74) is 0. The first-order valence-electron chi connectivity index (χ1n) is 6.77. The molecule has 0 aromatic carbocycles.